The minimum atomic E-state index is -0.481. The molecule has 0 aromatic carbocycles. The molecule has 0 aliphatic heterocycles. The normalized spacial score (nSPS) is 15.0. The van der Waals surface area contributed by atoms with E-state index in [9.17, 15) is 0 Å². The summed E-state index contributed by atoms with van der Waals surface area (Å²) in [4.78, 5) is 0. The van der Waals surface area contributed by atoms with Crippen LogP contribution >= 0.6 is 0 Å². The molecular weight excluding hydrogens is 172 g/mol. The minimum Gasteiger partial charge on any atom is -0.376 e. The van der Waals surface area contributed by atoms with Crippen LogP contribution in [0.15, 0.2) is 0 Å². The van der Waals surface area contributed by atoms with Gasteiger partial charge in [-0.1, -0.05) is 13.3 Å². The van der Waals surface area contributed by atoms with Gasteiger partial charge in [0.2, 0.25) is 0 Å². The molecule has 0 radical (unpaired) electrons. The monoisotopic (exact) mass is 192 g/mol. The zero-order valence-corrected chi connectivity index (χ0v) is 10.7. The van der Waals surface area contributed by atoms with Gasteiger partial charge in [-0.15, -0.1) is 0 Å². The summed E-state index contributed by atoms with van der Waals surface area (Å²) in [7, 11) is 5.84. The lowest BCUT2D eigenvalue weighted by atomic mass is 10.2. The fourth-order valence-corrected chi connectivity index (χ4v) is 1.73. The van der Waals surface area contributed by atoms with Crippen LogP contribution in [0.4, 0.5) is 0 Å². The van der Waals surface area contributed by atoms with Gasteiger partial charge < -0.3 is 14.2 Å². The molecule has 0 aromatic heterocycles. The molecule has 0 amide bonds. The van der Waals surface area contributed by atoms with E-state index in [-0.39, 0.29) is 6.10 Å². The first kappa shape index (κ1) is 12.1. The van der Waals surface area contributed by atoms with E-state index in [4.69, 9.17) is 14.2 Å². The van der Waals surface area contributed by atoms with Crippen LogP contribution in [0.5, 0.6) is 0 Å². The summed E-state index contributed by atoms with van der Waals surface area (Å²) in [6, 6.07) is 0. The van der Waals surface area contributed by atoms with Crippen molar-refractivity contribution in [1.29, 1.82) is 0 Å². The minimum absolute atomic E-state index is 0.0594. The summed E-state index contributed by atoms with van der Waals surface area (Å²) < 4.78 is 15.9. The summed E-state index contributed by atoms with van der Waals surface area (Å²) in [6.45, 7) is 2.12. The van der Waals surface area contributed by atoms with Gasteiger partial charge in [0.15, 0.2) is 5.41 Å². The molecule has 0 bridgehead atoms. The van der Waals surface area contributed by atoms with Crippen LogP contribution in [0, 0.1) is 0 Å². The molecule has 0 saturated heterocycles. The highest BCUT2D eigenvalue weighted by Crippen LogP contribution is 2.18. The van der Waals surface area contributed by atoms with Crippen molar-refractivity contribution in [2.45, 2.75) is 31.3 Å². The molecule has 1 unspecified atom stereocenters. The highest BCUT2D eigenvalue weighted by atomic mass is 28.1. The Morgan fingerprint density at radius 1 is 1.25 bits per heavy atom. The first-order valence-electron chi connectivity index (χ1n) is 4.27. The van der Waals surface area contributed by atoms with Crippen molar-refractivity contribution < 1.29 is 14.2 Å². The molecule has 0 heterocycles. The van der Waals surface area contributed by atoms with Gasteiger partial charge in [-0.05, 0) is 6.42 Å². The van der Waals surface area contributed by atoms with E-state index in [0.29, 0.717) is 0 Å². The van der Waals surface area contributed by atoms with Crippen molar-refractivity contribution in [2.24, 2.45) is 0 Å². The van der Waals surface area contributed by atoms with Crippen molar-refractivity contribution >= 4 is 10.2 Å². The second-order valence-electron chi connectivity index (χ2n) is 2.94. The predicted molar refractivity (Wildman–Crippen MR) is 52.4 cm³/mol. The zero-order valence-electron chi connectivity index (χ0n) is 8.72. The average molecular weight is 192 g/mol. The van der Waals surface area contributed by atoms with Crippen LogP contribution in [0.2, 0.25) is 0 Å². The van der Waals surface area contributed by atoms with Gasteiger partial charge in [0.25, 0.3) is 0 Å². The van der Waals surface area contributed by atoms with E-state index in [1.165, 1.54) is 0 Å². The van der Waals surface area contributed by atoms with E-state index < -0.39 is 5.41 Å². The van der Waals surface area contributed by atoms with Gasteiger partial charge >= 0.3 is 0 Å². The maximum absolute atomic E-state index is 5.32. The molecule has 12 heavy (non-hydrogen) atoms. The number of methoxy groups -OCH3 is 3. The smallest absolute Gasteiger partial charge is 0.165 e. The van der Waals surface area contributed by atoms with E-state index in [0.717, 1.165) is 23.1 Å². The van der Waals surface area contributed by atoms with Gasteiger partial charge in [0.1, 0.15) is 6.10 Å². The molecular formula is C8H20O3Si. The second-order valence-corrected chi connectivity index (χ2v) is 4.33. The van der Waals surface area contributed by atoms with Crippen LogP contribution in [-0.4, -0.2) is 43.1 Å². The molecule has 0 spiro atoms. The molecule has 0 saturated carbocycles. The van der Waals surface area contributed by atoms with Crippen LogP contribution < -0.4 is 0 Å². The number of hydrogen-bond acceptors (Lipinski definition) is 3. The first-order valence-corrected chi connectivity index (χ1v) is 5.27. The summed E-state index contributed by atoms with van der Waals surface area (Å²) in [5.41, 5.74) is -0.481. The van der Waals surface area contributed by atoms with Gasteiger partial charge in [0.05, 0.1) is 10.2 Å². The third kappa shape index (κ3) is 2.86. The summed E-state index contributed by atoms with van der Waals surface area (Å²) >= 11 is 0. The highest BCUT2D eigenvalue weighted by Gasteiger charge is 2.33. The van der Waals surface area contributed by atoms with E-state index >= 15 is 0 Å². The van der Waals surface area contributed by atoms with E-state index in [1.807, 2.05) is 0 Å². The molecule has 0 rings (SSSR count). The van der Waals surface area contributed by atoms with Gasteiger partial charge in [-0.2, -0.15) is 0 Å². The molecule has 4 heteroatoms. The predicted octanol–water partition coefficient (Wildman–Crippen LogP) is 0.113. The largest absolute Gasteiger partial charge is 0.376 e. The highest BCUT2D eigenvalue weighted by molar-refractivity contribution is 6.13. The van der Waals surface area contributed by atoms with Crippen LogP contribution in [0.3, 0.4) is 0 Å². The quantitative estimate of drug-likeness (QED) is 0.442. The van der Waals surface area contributed by atoms with Crippen LogP contribution in [0.25, 0.3) is 0 Å². The molecule has 0 aliphatic carbocycles. The van der Waals surface area contributed by atoms with E-state index in [1.54, 1.807) is 21.3 Å². The maximum atomic E-state index is 5.32. The number of rotatable bonds is 6. The first-order chi connectivity index (χ1) is 5.64. The van der Waals surface area contributed by atoms with Crippen LogP contribution in [-0.2, 0) is 14.2 Å². The zero-order chi connectivity index (χ0) is 9.61. The maximum Gasteiger partial charge on any atom is 0.165 e. The Morgan fingerprint density at radius 3 is 2.00 bits per heavy atom. The van der Waals surface area contributed by atoms with Crippen LogP contribution in [0.1, 0.15) is 19.8 Å². The van der Waals surface area contributed by atoms with Crippen molar-refractivity contribution in [3.05, 3.63) is 0 Å². The van der Waals surface area contributed by atoms with Gasteiger partial charge in [0, 0.05) is 21.3 Å². The Balaban J connectivity index is 4.21. The SMILES string of the molecule is CCCC(OC)C([SiH3])(OC)OC. The Labute approximate surface area is 77.8 Å². The lowest BCUT2D eigenvalue weighted by Crippen LogP contribution is -2.47. The molecule has 74 valence electrons. The fraction of sp³-hybridized carbons (Fsp3) is 1.00. The van der Waals surface area contributed by atoms with Crippen molar-refractivity contribution in [1.82, 2.24) is 0 Å². The Kier molecular flexibility index (Phi) is 5.74. The summed E-state index contributed by atoms with van der Waals surface area (Å²) in [6.07, 6.45) is 2.11. The fourth-order valence-electron chi connectivity index (χ4n) is 1.20. The van der Waals surface area contributed by atoms with Gasteiger partial charge in [-0.3, -0.25) is 0 Å². The molecule has 0 N–H and O–H groups in total. The third-order valence-electron chi connectivity index (χ3n) is 2.23. The summed E-state index contributed by atoms with van der Waals surface area (Å²) in [5, 5.41) is 0. The van der Waals surface area contributed by atoms with Crippen molar-refractivity contribution in [3.8, 4) is 0 Å². The van der Waals surface area contributed by atoms with Crippen molar-refractivity contribution in [2.75, 3.05) is 21.3 Å². The standard InChI is InChI=1S/C8H20O3Si/c1-5-6-7(9-2)8(12,10-3)11-4/h7H,5-6H2,1-4,12H3. The Morgan fingerprint density at radius 2 is 1.75 bits per heavy atom. The molecule has 0 fully saturated rings. The number of hydrogen-bond donors (Lipinski definition) is 0. The molecule has 0 aliphatic rings. The lowest BCUT2D eigenvalue weighted by Gasteiger charge is -2.34. The topological polar surface area (TPSA) is 27.7 Å². The Hall–Kier alpha value is 0.0969. The third-order valence-corrected chi connectivity index (χ3v) is 3.69. The summed E-state index contributed by atoms with van der Waals surface area (Å²) in [5.74, 6) is 0. The molecule has 1 atom stereocenters. The molecule has 0 aromatic rings. The molecule has 3 nitrogen and oxygen atoms in total. The second kappa shape index (κ2) is 5.69. The van der Waals surface area contributed by atoms with Crippen molar-refractivity contribution in [3.63, 3.8) is 0 Å². The lowest BCUT2D eigenvalue weighted by molar-refractivity contribution is -0.209. The van der Waals surface area contributed by atoms with E-state index in [2.05, 4.69) is 6.92 Å². The Bertz CT molecular complexity index is 115. The van der Waals surface area contributed by atoms with Gasteiger partial charge in [-0.25, -0.2) is 0 Å². The number of ether oxygens (including phenoxy) is 3. The average Bonchev–Trinajstić information content (AvgIpc) is 2.13.